The molecule has 0 unspecified atom stereocenters. The maximum atomic E-state index is 12.2. The van der Waals surface area contributed by atoms with Crippen molar-refractivity contribution >= 4 is 11.8 Å². The summed E-state index contributed by atoms with van der Waals surface area (Å²) in [5.41, 5.74) is 0. The Balaban J connectivity index is 1.29. The molecule has 2 saturated heterocycles. The molecule has 0 aromatic rings. The van der Waals surface area contributed by atoms with E-state index in [1.807, 2.05) is 0 Å². The second-order valence-electron chi connectivity index (χ2n) is 8.59. The van der Waals surface area contributed by atoms with E-state index < -0.39 is 0 Å². The minimum Gasteiger partial charge on any atom is -0.394 e. The molecule has 28 heavy (non-hydrogen) atoms. The van der Waals surface area contributed by atoms with Gasteiger partial charge in [0.2, 0.25) is 11.8 Å². The van der Waals surface area contributed by atoms with Gasteiger partial charge in [-0.15, -0.1) is 0 Å². The van der Waals surface area contributed by atoms with Crippen molar-refractivity contribution in [1.82, 2.24) is 15.5 Å². The van der Waals surface area contributed by atoms with Crippen molar-refractivity contribution in [1.29, 1.82) is 0 Å². The normalized spacial score (nSPS) is 29.1. The predicted molar refractivity (Wildman–Crippen MR) is 107 cm³/mol. The van der Waals surface area contributed by atoms with Crippen LogP contribution in [0.25, 0.3) is 0 Å². The summed E-state index contributed by atoms with van der Waals surface area (Å²) in [4.78, 5) is 26.6. The molecule has 0 spiro atoms. The molecule has 160 valence electrons. The van der Waals surface area contributed by atoms with Gasteiger partial charge in [-0.2, -0.15) is 0 Å². The van der Waals surface area contributed by atoms with Gasteiger partial charge in [-0.1, -0.05) is 12.8 Å². The molecular formula is C21H37N3O4. The van der Waals surface area contributed by atoms with Crippen molar-refractivity contribution in [2.75, 3.05) is 32.8 Å². The number of rotatable bonds is 9. The van der Waals surface area contributed by atoms with Gasteiger partial charge in [0.05, 0.1) is 18.8 Å². The molecule has 0 aromatic carbocycles. The Bertz CT molecular complexity index is 506. The van der Waals surface area contributed by atoms with E-state index in [9.17, 15) is 14.7 Å². The first-order valence-corrected chi connectivity index (χ1v) is 11.2. The van der Waals surface area contributed by atoms with Gasteiger partial charge in [0.25, 0.3) is 0 Å². The molecule has 2 aliphatic heterocycles. The number of hydrogen-bond donors (Lipinski definition) is 3. The molecule has 7 nitrogen and oxygen atoms in total. The number of piperidine rings is 1. The third kappa shape index (κ3) is 6.42. The minimum atomic E-state index is -0.349. The molecular weight excluding hydrogens is 358 g/mol. The van der Waals surface area contributed by atoms with Crippen LogP contribution in [0.3, 0.4) is 0 Å². The Morgan fingerprint density at radius 2 is 1.82 bits per heavy atom. The molecule has 1 saturated carbocycles. The lowest BCUT2D eigenvalue weighted by Gasteiger charge is -2.37. The second-order valence-corrected chi connectivity index (χ2v) is 8.59. The number of aliphatic hydroxyl groups is 1. The summed E-state index contributed by atoms with van der Waals surface area (Å²) in [5, 5.41) is 15.7. The van der Waals surface area contributed by atoms with Gasteiger partial charge in [0.1, 0.15) is 6.10 Å². The summed E-state index contributed by atoms with van der Waals surface area (Å²) in [5.74, 6) is 0.362. The molecule has 3 N–H and O–H groups in total. The maximum Gasteiger partial charge on any atom is 0.223 e. The van der Waals surface area contributed by atoms with E-state index >= 15 is 0 Å². The highest BCUT2D eigenvalue weighted by Gasteiger charge is 2.34. The summed E-state index contributed by atoms with van der Waals surface area (Å²) < 4.78 is 5.99. The van der Waals surface area contributed by atoms with Crippen LogP contribution in [0, 0.1) is 5.92 Å². The first-order chi connectivity index (χ1) is 13.7. The van der Waals surface area contributed by atoms with Gasteiger partial charge < -0.3 is 25.4 Å². The van der Waals surface area contributed by atoms with E-state index in [2.05, 4.69) is 15.5 Å². The van der Waals surface area contributed by atoms with Gasteiger partial charge >= 0.3 is 0 Å². The number of amides is 2. The van der Waals surface area contributed by atoms with Crippen LogP contribution < -0.4 is 10.6 Å². The van der Waals surface area contributed by atoms with Gasteiger partial charge in [0.15, 0.2) is 0 Å². The third-order valence-corrected chi connectivity index (χ3v) is 6.49. The largest absolute Gasteiger partial charge is 0.394 e. The average molecular weight is 396 g/mol. The lowest BCUT2D eigenvalue weighted by molar-refractivity contribution is -0.134. The zero-order valence-electron chi connectivity index (χ0n) is 17.0. The minimum absolute atomic E-state index is 0.0244. The Morgan fingerprint density at radius 1 is 1.04 bits per heavy atom. The van der Waals surface area contributed by atoms with Crippen LogP contribution in [0.2, 0.25) is 0 Å². The van der Waals surface area contributed by atoms with Crippen molar-refractivity contribution in [2.45, 2.75) is 82.5 Å². The quantitative estimate of drug-likeness (QED) is 0.546. The molecule has 3 aliphatic rings. The molecule has 3 atom stereocenters. The van der Waals surface area contributed by atoms with Crippen LogP contribution >= 0.6 is 0 Å². The average Bonchev–Trinajstić information content (AvgIpc) is 2.67. The Labute approximate surface area is 168 Å². The number of ether oxygens (including phenoxy) is 1. The number of hydrogen-bond acceptors (Lipinski definition) is 5. The predicted octanol–water partition coefficient (Wildman–Crippen LogP) is 1.19. The zero-order chi connectivity index (χ0) is 19.8. The SMILES string of the molecule is O=C(CCN1CCCCC1)NCC[C@H]1CC[C@H](NC(=O)C2CCC2)[C@@H](CO)O1. The second kappa shape index (κ2) is 11.1. The van der Waals surface area contributed by atoms with Gasteiger partial charge in [-0.25, -0.2) is 0 Å². The van der Waals surface area contributed by atoms with Gasteiger partial charge in [0, 0.05) is 25.4 Å². The summed E-state index contributed by atoms with van der Waals surface area (Å²) in [7, 11) is 0. The Hall–Kier alpha value is -1.18. The molecule has 3 fully saturated rings. The molecule has 0 radical (unpaired) electrons. The lowest BCUT2D eigenvalue weighted by Crippen LogP contribution is -2.53. The maximum absolute atomic E-state index is 12.2. The summed E-state index contributed by atoms with van der Waals surface area (Å²) in [6.45, 7) is 3.59. The number of nitrogens with one attached hydrogen (secondary N) is 2. The molecule has 3 rings (SSSR count). The molecule has 2 amide bonds. The Kier molecular flexibility index (Phi) is 8.55. The molecule has 2 heterocycles. The van der Waals surface area contributed by atoms with Gasteiger partial charge in [-0.05, 0) is 58.0 Å². The van der Waals surface area contributed by atoms with Crippen molar-refractivity contribution < 1.29 is 19.4 Å². The van der Waals surface area contributed by atoms with Crippen molar-refractivity contribution in [3.63, 3.8) is 0 Å². The summed E-state index contributed by atoms with van der Waals surface area (Å²) >= 11 is 0. The first kappa shape index (κ1) is 21.5. The van der Waals surface area contributed by atoms with Crippen LogP contribution in [0.1, 0.15) is 64.2 Å². The fourth-order valence-corrected chi connectivity index (χ4v) is 4.38. The van der Waals surface area contributed by atoms with Crippen LogP contribution in [0.5, 0.6) is 0 Å². The highest BCUT2D eigenvalue weighted by atomic mass is 16.5. The Morgan fingerprint density at radius 3 is 2.50 bits per heavy atom. The molecule has 0 bridgehead atoms. The van der Waals surface area contributed by atoms with Crippen LogP contribution in [-0.2, 0) is 14.3 Å². The fraction of sp³-hybridized carbons (Fsp3) is 0.905. The number of carbonyl (C=O) groups excluding carboxylic acids is 2. The zero-order valence-corrected chi connectivity index (χ0v) is 17.0. The van der Waals surface area contributed by atoms with E-state index in [-0.39, 0.29) is 42.6 Å². The summed E-state index contributed by atoms with van der Waals surface area (Å²) in [6, 6.07) is -0.103. The van der Waals surface area contributed by atoms with Crippen molar-refractivity contribution in [2.24, 2.45) is 5.92 Å². The van der Waals surface area contributed by atoms with E-state index in [1.165, 1.54) is 19.3 Å². The highest BCUT2D eigenvalue weighted by Crippen LogP contribution is 2.28. The smallest absolute Gasteiger partial charge is 0.223 e. The fourth-order valence-electron chi connectivity index (χ4n) is 4.38. The lowest BCUT2D eigenvalue weighted by atomic mass is 9.84. The van der Waals surface area contributed by atoms with E-state index in [4.69, 9.17) is 4.74 Å². The summed E-state index contributed by atoms with van der Waals surface area (Å²) in [6.07, 6.45) is 9.52. The van der Waals surface area contributed by atoms with E-state index in [0.717, 1.165) is 58.2 Å². The van der Waals surface area contributed by atoms with Crippen LogP contribution in [0.4, 0.5) is 0 Å². The first-order valence-electron chi connectivity index (χ1n) is 11.2. The number of likely N-dealkylation sites (tertiary alicyclic amines) is 1. The van der Waals surface area contributed by atoms with Crippen molar-refractivity contribution in [3.8, 4) is 0 Å². The molecule has 0 aromatic heterocycles. The standard InChI is InChI=1S/C21H37N3O4/c25-15-19-18(23-21(27)16-5-4-6-16)8-7-17(28-19)9-11-22-20(26)10-14-24-12-2-1-3-13-24/h16-19,25H,1-15H2,(H,22,26)(H,23,27)/t17-,18+,19-/m1/s1. The van der Waals surface area contributed by atoms with E-state index in [1.54, 1.807) is 0 Å². The molecule has 7 heteroatoms. The topological polar surface area (TPSA) is 90.9 Å². The van der Waals surface area contributed by atoms with Gasteiger partial charge in [-0.3, -0.25) is 9.59 Å². The van der Waals surface area contributed by atoms with Crippen LogP contribution in [0.15, 0.2) is 0 Å². The number of nitrogens with zero attached hydrogens (tertiary/aromatic N) is 1. The number of aliphatic hydroxyl groups excluding tert-OH is 1. The van der Waals surface area contributed by atoms with E-state index in [0.29, 0.717) is 13.0 Å². The van der Waals surface area contributed by atoms with Crippen molar-refractivity contribution in [3.05, 3.63) is 0 Å². The third-order valence-electron chi connectivity index (χ3n) is 6.49. The molecule has 1 aliphatic carbocycles. The van der Waals surface area contributed by atoms with Crippen LogP contribution in [-0.4, -0.2) is 72.9 Å². The highest BCUT2D eigenvalue weighted by molar-refractivity contribution is 5.79. The monoisotopic (exact) mass is 395 g/mol. The number of carbonyl (C=O) groups is 2.